The van der Waals surface area contributed by atoms with Crippen LogP contribution in [0, 0.1) is 160 Å². The molecule has 34 nitrogen and oxygen atoms in total. The number of aromatic carboxylic acids is 2. The van der Waals surface area contributed by atoms with Crippen molar-refractivity contribution in [1.82, 2.24) is 19.6 Å². The monoisotopic (exact) mass is 2250 g/mol. The summed E-state index contributed by atoms with van der Waals surface area (Å²) < 4.78 is 2.77. The second-order valence-electron chi connectivity index (χ2n) is 22.7. The molecule has 0 aliphatic heterocycles. The van der Waals surface area contributed by atoms with Crippen LogP contribution in [0.5, 0.6) is 23.0 Å². The number of halogens is 4. The van der Waals surface area contributed by atoms with E-state index in [1.165, 1.54) is 38.1 Å². The Bertz CT molecular complexity index is 4440. The minimum atomic E-state index is -1.75. The number of nitriles is 2. The minimum absolute atomic E-state index is 0. The number of hydrogen-bond acceptors (Lipinski definition) is 30. The second-order valence-corrected chi connectivity index (χ2v) is 26.3. The molecule has 0 spiro atoms. The van der Waals surface area contributed by atoms with E-state index in [9.17, 15) is 59.4 Å². The molecule has 0 aliphatic carbocycles. The topological polar surface area (TPSA) is 566 Å². The standard InChI is InChI=1S/2C20H22Br2N2O4.2C15H10O2.2C2H3N.2Dy.4NO3.2Zn/c2*1-23(9-13-5-17(21)7-15(11-25)19(13)27)3-4-24(2)10-14-6-18(22)8-16(12-26)20(14)28;2*16-15(17)14-12-7-3-1-5-10(12)9-11-6-2-4-8-13(11)14;2*1-2-3;;;4*2-1(3)4;;/h2*5-8,11-12,27-28H,3-4,9-10H2,1-2H3;2*1-9H,(H,16,17);2*1H3;;;;;;;;/q;;;;;;2*+3;4*-1;2*+2/p-6. The fraction of sp³-hybridized carbons (Fsp3) is 0.189. The molecule has 0 bridgehead atoms. The van der Waals surface area contributed by atoms with E-state index >= 15 is 0 Å². The Kier molecular flexibility index (Phi) is 59.6. The molecule has 0 unspecified atom stereocenters. The van der Waals surface area contributed by atoms with Gasteiger partial charge in [-0.15, -0.1) is 0 Å². The number of carbonyl (C=O) groups is 6. The van der Waals surface area contributed by atoms with Gasteiger partial charge in [-0.25, -0.2) is 0 Å². The van der Waals surface area contributed by atoms with Gasteiger partial charge >= 0.3 is 115 Å². The van der Waals surface area contributed by atoms with Gasteiger partial charge in [0.1, 0.15) is 25.1 Å². The van der Waals surface area contributed by atoms with Gasteiger partial charge in [-0.3, -0.25) is 19.2 Å². The number of rotatable bonds is 20. The van der Waals surface area contributed by atoms with E-state index in [0.29, 0.717) is 118 Å². The second kappa shape index (κ2) is 60.8. The van der Waals surface area contributed by atoms with Crippen molar-refractivity contribution in [3.05, 3.63) is 293 Å². The quantitative estimate of drug-likeness (QED) is 0.0225. The molecule has 0 aromatic heterocycles. The van der Waals surface area contributed by atoms with Crippen molar-refractivity contribution in [1.29, 1.82) is 10.5 Å². The van der Waals surface area contributed by atoms with Gasteiger partial charge in [-0.1, -0.05) is 184 Å². The van der Waals surface area contributed by atoms with Crippen molar-refractivity contribution >= 4 is 144 Å². The molecular formula is C74H64Br4Dy2N10O24Zn2. The first-order valence-electron chi connectivity index (χ1n) is 31.4. The average molecular weight is 2250 g/mol. The van der Waals surface area contributed by atoms with Crippen LogP contribution >= 0.6 is 63.7 Å². The maximum absolute atomic E-state index is 12.2. The Morgan fingerprint density at radius 3 is 0.664 bits per heavy atom. The number of hydrogen-bond donors (Lipinski definition) is 0. The Balaban J connectivity index is -0.000000664. The first-order chi connectivity index (χ1) is 52.8. The van der Waals surface area contributed by atoms with Gasteiger partial charge < -0.3 is 121 Å². The number of likely N-dealkylation sites (N-methyl/N-ethyl adjacent to an activating group) is 4. The molecule has 0 fully saturated rings. The van der Waals surface area contributed by atoms with Gasteiger partial charge in [0.2, 0.25) is 0 Å². The third-order valence-corrected chi connectivity index (χ3v) is 16.4. The summed E-state index contributed by atoms with van der Waals surface area (Å²) in [5.41, 5.74) is 3.29. The van der Waals surface area contributed by atoms with Crippen LogP contribution in [-0.4, -0.2) is 131 Å². The van der Waals surface area contributed by atoms with Gasteiger partial charge in [0.15, 0.2) is 0 Å². The summed E-state index contributed by atoms with van der Waals surface area (Å²) in [6.07, 6.45) is 2.26. The zero-order chi connectivity index (χ0) is 85.1. The summed E-state index contributed by atoms with van der Waals surface area (Å²) in [4.78, 5) is 108. The normalized spacial score (nSPS) is 9.55. The van der Waals surface area contributed by atoms with Crippen molar-refractivity contribution < 1.29 is 195 Å². The number of benzene rings is 10. The summed E-state index contributed by atoms with van der Waals surface area (Å²) in [7, 11) is 7.55. The van der Waals surface area contributed by atoms with Gasteiger partial charge in [-0.2, -0.15) is 10.5 Å². The maximum atomic E-state index is 12.2. The number of nitrogens with zero attached hydrogens (tertiary/aromatic N) is 10. The molecule has 116 heavy (non-hydrogen) atoms. The minimum Gasteiger partial charge on any atom is -0.872 e. The molecule has 10 aromatic rings. The molecule has 0 saturated carbocycles. The number of fused-ring (bicyclic) bond motifs is 4. The first kappa shape index (κ1) is 114. The van der Waals surface area contributed by atoms with E-state index in [4.69, 9.17) is 71.8 Å². The Hall–Kier alpha value is -8.61. The average Bonchev–Trinajstić information content (AvgIpc) is 0.777. The largest absolute Gasteiger partial charge is 3.00 e. The van der Waals surface area contributed by atoms with Crippen LogP contribution in [0.25, 0.3) is 43.1 Å². The summed E-state index contributed by atoms with van der Waals surface area (Å²) >= 11 is 13.3. The Labute approximate surface area is 782 Å². The molecule has 0 amide bonds. The van der Waals surface area contributed by atoms with Crippen molar-refractivity contribution in [3.63, 3.8) is 0 Å². The van der Waals surface area contributed by atoms with Crippen LogP contribution in [-0.2, 0) is 65.1 Å². The van der Waals surface area contributed by atoms with Crippen LogP contribution in [0.4, 0.5) is 0 Å². The SMILES string of the molecule is CC#N.CC#N.CN(CCN(C)Cc1cc(Br)cc(C=O)c1[O-])Cc1cc(Br)cc(C=O)c1[O-].CN(CCN(C)Cc1cc(Br)cc(C=O)c1[O-])Cc1cc(Br)cc(C=O)c1[O-].O=C([O-])c1c2ccccc2cc2ccccc12.O=C([O-])c1c2ccccc2cc2ccccc12.O=[N+]([O-])[O-].O=[N+]([O-])[O-].O=[N+]([O-])[O-].O=[N+]([O-])[O-].[Dy+3].[Dy+3].[Zn+2].[Zn+2]. The predicted molar refractivity (Wildman–Crippen MR) is 417 cm³/mol. The van der Waals surface area contributed by atoms with E-state index in [1.807, 2.05) is 157 Å². The molecule has 0 saturated heterocycles. The molecule has 10 rings (SSSR count). The van der Waals surface area contributed by atoms with E-state index in [1.54, 1.807) is 36.4 Å². The Morgan fingerprint density at radius 1 is 0.362 bits per heavy atom. The van der Waals surface area contributed by atoms with Gasteiger partial charge in [0.05, 0.1) is 44.4 Å². The van der Waals surface area contributed by atoms with Crippen molar-refractivity contribution in [2.45, 2.75) is 40.0 Å². The maximum Gasteiger partial charge on any atom is 3.00 e. The number of carbonyl (C=O) groups excluding carboxylic acids is 6. The summed E-state index contributed by atoms with van der Waals surface area (Å²) in [5, 5.41) is 152. The molecule has 606 valence electrons. The molecule has 0 atom stereocenters. The number of aldehydes is 4. The molecule has 0 aliphatic rings. The van der Waals surface area contributed by atoms with Crippen LogP contribution in [0.1, 0.15) is 98.2 Å². The smallest absolute Gasteiger partial charge is 0.872 e. The fourth-order valence-corrected chi connectivity index (χ4v) is 12.2. The molecular weight excluding hydrogens is 2190 g/mol. The van der Waals surface area contributed by atoms with E-state index in [-0.39, 0.29) is 172 Å². The van der Waals surface area contributed by atoms with Gasteiger partial charge in [0.25, 0.3) is 0 Å². The molecule has 42 heteroatoms. The summed E-state index contributed by atoms with van der Waals surface area (Å²) in [6.45, 7) is 7.11. The zero-order valence-electron chi connectivity index (χ0n) is 61.8. The van der Waals surface area contributed by atoms with Gasteiger partial charge in [-0.05, 0) is 154 Å². The van der Waals surface area contributed by atoms with Crippen LogP contribution in [0.15, 0.2) is 176 Å². The van der Waals surface area contributed by atoms with Crippen molar-refractivity contribution in [2.24, 2.45) is 0 Å². The van der Waals surface area contributed by atoms with Gasteiger partial charge in [0, 0.05) is 117 Å². The molecule has 2 radical (unpaired) electrons. The van der Waals surface area contributed by atoms with Crippen LogP contribution in [0.3, 0.4) is 0 Å². The Morgan fingerprint density at radius 2 is 0.517 bits per heavy atom. The van der Waals surface area contributed by atoms with Crippen LogP contribution < -0.4 is 30.6 Å². The van der Waals surface area contributed by atoms with Crippen molar-refractivity contribution in [2.75, 3.05) is 54.4 Å². The third-order valence-electron chi connectivity index (χ3n) is 14.6. The fourth-order valence-electron chi connectivity index (χ4n) is 10.1. The van der Waals surface area contributed by atoms with E-state index < -0.39 is 32.3 Å². The van der Waals surface area contributed by atoms with Crippen molar-refractivity contribution in [3.8, 4) is 35.1 Å². The number of carboxylic acids is 2. The van der Waals surface area contributed by atoms with Crippen LogP contribution in [0.2, 0.25) is 0 Å². The van der Waals surface area contributed by atoms with E-state index in [0.717, 1.165) is 43.1 Å². The van der Waals surface area contributed by atoms with E-state index in [2.05, 4.69) is 63.7 Å². The zero-order valence-corrected chi connectivity index (χ0v) is 78.1. The number of carboxylic acid groups (broad SMARTS) is 2. The molecule has 10 aromatic carbocycles. The molecule has 0 N–H and O–H groups in total. The third kappa shape index (κ3) is 42.0. The first-order valence-corrected chi connectivity index (χ1v) is 34.6. The predicted octanol–water partition coefficient (Wildman–Crippen LogP) is 9.91. The molecule has 0 heterocycles. The summed E-state index contributed by atoms with van der Waals surface area (Å²) in [5.74, 6) is -3.29. The summed E-state index contributed by atoms with van der Waals surface area (Å²) in [6, 6.07) is 50.3.